The lowest BCUT2D eigenvalue weighted by Crippen LogP contribution is -2.37. The first-order chi connectivity index (χ1) is 15.8. The molecule has 0 bridgehead atoms. The summed E-state index contributed by atoms with van der Waals surface area (Å²) in [5, 5.41) is 16.5. The molecule has 34 heavy (non-hydrogen) atoms. The molecule has 0 heterocycles. The van der Waals surface area contributed by atoms with Crippen LogP contribution in [0.3, 0.4) is 0 Å². The Morgan fingerprint density at radius 2 is 1.68 bits per heavy atom. The molecule has 0 spiro atoms. The monoisotopic (exact) mass is 512 g/mol. The van der Waals surface area contributed by atoms with Gasteiger partial charge in [-0.15, -0.1) is 11.6 Å². The fourth-order valence-corrected chi connectivity index (χ4v) is 4.05. The van der Waals surface area contributed by atoms with Crippen molar-refractivity contribution in [3.05, 3.63) is 63.7 Å². The molecule has 0 aromatic heterocycles. The van der Waals surface area contributed by atoms with Crippen molar-refractivity contribution in [2.24, 2.45) is 0 Å². The summed E-state index contributed by atoms with van der Waals surface area (Å²) in [5.41, 5.74) is -0.579. The lowest BCUT2D eigenvalue weighted by Gasteiger charge is -2.19. The summed E-state index contributed by atoms with van der Waals surface area (Å²) in [6.45, 7) is 5.20. The number of anilines is 1. The second kappa shape index (κ2) is 11.2. The molecular formula is C21H25ClN4O7S. The van der Waals surface area contributed by atoms with E-state index in [0.29, 0.717) is 0 Å². The number of nitrogens with one attached hydrogen (secondary N) is 3. The molecule has 2 aromatic carbocycles. The minimum Gasteiger partial charge on any atom is -0.444 e. The van der Waals surface area contributed by atoms with Gasteiger partial charge in [0.2, 0.25) is 0 Å². The highest BCUT2D eigenvalue weighted by molar-refractivity contribution is 7.92. The smallest absolute Gasteiger partial charge is 0.407 e. The van der Waals surface area contributed by atoms with Crippen molar-refractivity contribution >= 4 is 45.0 Å². The van der Waals surface area contributed by atoms with E-state index in [4.69, 9.17) is 16.3 Å². The lowest BCUT2D eigenvalue weighted by atomic mass is 10.2. The van der Waals surface area contributed by atoms with Crippen molar-refractivity contribution in [2.45, 2.75) is 37.1 Å². The highest BCUT2D eigenvalue weighted by atomic mass is 35.5. The predicted octanol–water partition coefficient (Wildman–Crippen LogP) is 3.39. The van der Waals surface area contributed by atoms with Gasteiger partial charge >= 0.3 is 6.09 Å². The highest BCUT2D eigenvalue weighted by Gasteiger charge is 2.27. The maximum Gasteiger partial charge on any atom is 0.407 e. The van der Waals surface area contributed by atoms with E-state index in [1.165, 1.54) is 12.1 Å². The highest BCUT2D eigenvalue weighted by Crippen LogP contribution is 2.27. The zero-order valence-electron chi connectivity index (χ0n) is 18.8. The summed E-state index contributed by atoms with van der Waals surface area (Å²) in [6, 6.07) is 9.22. The molecule has 0 aliphatic carbocycles. The van der Waals surface area contributed by atoms with Gasteiger partial charge in [-0.05, 0) is 50.6 Å². The summed E-state index contributed by atoms with van der Waals surface area (Å²) >= 11 is 5.71. The number of hydrogen-bond acceptors (Lipinski definition) is 7. The summed E-state index contributed by atoms with van der Waals surface area (Å²) in [7, 11) is -4.31. The van der Waals surface area contributed by atoms with E-state index in [9.17, 15) is 28.1 Å². The third-order valence-electron chi connectivity index (χ3n) is 4.15. The van der Waals surface area contributed by atoms with Crippen molar-refractivity contribution in [3.8, 4) is 0 Å². The number of alkyl halides is 1. The van der Waals surface area contributed by atoms with Crippen LogP contribution in [0.5, 0.6) is 0 Å². The van der Waals surface area contributed by atoms with Crippen molar-refractivity contribution in [1.82, 2.24) is 10.6 Å². The van der Waals surface area contributed by atoms with Crippen LogP contribution in [0.25, 0.3) is 0 Å². The van der Waals surface area contributed by atoms with E-state index < -0.39 is 43.1 Å². The van der Waals surface area contributed by atoms with Gasteiger partial charge in [0.1, 0.15) is 5.60 Å². The molecule has 0 radical (unpaired) electrons. The first-order valence-electron chi connectivity index (χ1n) is 10.0. The number of carbonyl (C=O) groups is 2. The number of nitro groups is 1. The van der Waals surface area contributed by atoms with Crippen LogP contribution in [0, 0.1) is 10.1 Å². The van der Waals surface area contributed by atoms with Crippen molar-refractivity contribution in [3.63, 3.8) is 0 Å². The predicted molar refractivity (Wildman–Crippen MR) is 126 cm³/mol. The first-order valence-corrected chi connectivity index (χ1v) is 12.1. The number of alkyl carbamates (subject to hydrolysis) is 1. The Balaban J connectivity index is 2.09. The van der Waals surface area contributed by atoms with Crippen LogP contribution in [0.4, 0.5) is 16.2 Å². The van der Waals surface area contributed by atoms with Gasteiger partial charge in [-0.1, -0.05) is 12.1 Å². The average molecular weight is 513 g/mol. The van der Waals surface area contributed by atoms with Gasteiger partial charge in [0.15, 0.2) is 4.90 Å². The third-order valence-corrected chi connectivity index (χ3v) is 5.88. The van der Waals surface area contributed by atoms with Crippen LogP contribution in [-0.2, 0) is 20.6 Å². The van der Waals surface area contributed by atoms with Gasteiger partial charge in [0.05, 0.1) is 4.92 Å². The Hall–Kier alpha value is -3.38. The first kappa shape index (κ1) is 26.9. The largest absolute Gasteiger partial charge is 0.444 e. The third kappa shape index (κ3) is 7.89. The van der Waals surface area contributed by atoms with Gasteiger partial charge in [-0.25, -0.2) is 13.2 Å². The van der Waals surface area contributed by atoms with Gasteiger partial charge in [-0.2, -0.15) is 0 Å². The van der Waals surface area contributed by atoms with E-state index in [-0.39, 0.29) is 30.2 Å². The second-order valence-corrected chi connectivity index (χ2v) is 9.98. The molecule has 2 amide bonds. The zero-order chi connectivity index (χ0) is 25.5. The van der Waals surface area contributed by atoms with Crippen LogP contribution in [0.15, 0.2) is 47.4 Å². The van der Waals surface area contributed by atoms with E-state index in [2.05, 4.69) is 15.4 Å². The van der Waals surface area contributed by atoms with Crippen molar-refractivity contribution < 1.29 is 27.7 Å². The molecule has 0 saturated carbocycles. The maximum absolute atomic E-state index is 12.7. The maximum atomic E-state index is 12.7. The Morgan fingerprint density at radius 1 is 1.06 bits per heavy atom. The molecule has 11 nitrogen and oxygen atoms in total. The van der Waals surface area contributed by atoms with Gasteiger partial charge < -0.3 is 15.4 Å². The van der Waals surface area contributed by atoms with E-state index in [0.717, 1.165) is 23.8 Å². The quantitative estimate of drug-likeness (QED) is 0.201. The topological polar surface area (TPSA) is 157 Å². The number of ether oxygens (including phenoxy) is 1. The molecule has 13 heteroatoms. The number of amides is 2. The van der Waals surface area contributed by atoms with Gasteiger partial charge in [-0.3, -0.25) is 19.6 Å². The number of benzene rings is 2. The fourth-order valence-electron chi connectivity index (χ4n) is 2.66. The number of hydrogen-bond donors (Lipinski definition) is 3. The molecule has 0 fully saturated rings. The molecule has 0 aliphatic heterocycles. The SMILES string of the molecule is CC(C)(C)OC(=O)NCCNC(=O)c1ccc(S(=O)(=O)Nc2ccc(CCl)cc2)c([N+](=O)[O-])c1. The van der Waals surface area contributed by atoms with E-state index in [1.807, 2.05) is 0 Å². The molecule has 2 aromatic rings. The molecule has 2 rings (SSSR count). The summed E-state index contributed by atoms with van der Waals surface area (Å²) in [5.74, 6) is -0.429. The summed E-state index contributed by atoms with van der Waals surface area (Å²) in [4.78, 5) is 34.0. The number of carbonyl (C=O) groups excluding carboxylic acids is 2. The standard InChI is InChI=1S/C21H25ClN4O7S/c1-21(2,3)33-20(28)24-11-10-23-19(27)15-6-9-18(17(12-15)26(29)30)34(31,32)25-16-7-4-14(13-22)5-8-16/h4-9,12,25H,10-11,13H2,1-3H3,(H,23,27)(H,24,28). The number of rotatable bonds is 9. The summed E-state index contributed by atoms with van der Waals surface area (Å²) in [6.07, 6.45) is -0.656. The van der Waals surface area contributed by atoms with Crippen molar-refractivity contribution in [1.29, 1.82) is 0 Å². The second-order valence-electron chi connectivity index (χ2n) is 8.06. The Bertz CT molecular complexity index is 1160. The Labute approximate surface area is 202 Å². The summed E-state index contributed by atoms with van der Waals surface area (Å²) < 4.78 is 32.8. The van der Waals surface area contributed by atoms with Crippen LogP contribution in [-0.4, -0.2) is 44.0 Å². The molecule has 0 saturated heterocycles. The molecule has 3 N–H and O–H groups in total. The Morgan fingerprint density at radius 3 is 2.24 bits per heavy atom. The van der Waals surface area contributed by atoms with E-state index >= 15 is 0 Å². The number of halogens is 1. The van der Waals surface area contributed by atoms with Crippen LogP contribution in [0.2, 0.25) is 0 Å². The molecule has 0 aliphatic rings. The molecular weight excluding hydrogens is 488 g/mol. The lowest BCUT2D eigenvalue weighted by molar-refractivity contribution is -0.387. The van der Waals surface area contributed by atoms with Crippen LogP contribution in [0.1, 0.15) is 36.7 Å². The average Bonchev–Trinajstić information content (AvgIpc) is 2.75. The number of sulfonamides is 1. The molecule has 184 valence electrons. The molecule has 0 atom stereocenters. The Kier molecular flexibility index (Phi) is 8.82. The molecule has 0 unspecified atom stereocenters. The van der Waals surface area contributed by atoms with Crippen molar-refractivity contribution in [2.75, 3.05) is 17.8 Å². The van der Waals surface area contributed by atoms with Gasteiger partial charge in [0, 0.05) is 36.3 Å². The number of nitro benzene ring substituents is 1. The number of nitrogens with zero attached hydrogens (tertiary/aromatic N) is 1. The minimum atomic E-state index is -4.31. The fraction of sp³-hybridized carbons (Fsp3) is 0.333. The zero-order valence-corrected chi connectivity index (χ0v) is 20.3. The van der Waals surface area contributed by atoms with Crippen LogP contribution < -0.4 is 15.4 Å². The minimum absolute atomic E-state index is 0.0196. The van der Waals surface area contributed by atoms with E-state index in [1.54, 1.807) is 32.9 Å². The van der Waals surface area contributed by atoms with Crippen LogP contribution >= 0.6 is 11.6 Å². The normalized spacial score (nSPS) is 11.4. The van der Waals surface area contributed by atoms with Gasteiger partial charge in [0.25, 0.3) is 21.6 Å².